The van der Waals surface area contributed by atoms with E-state index in [0.717, 1.165) is 0 Å². The van der Waals surface area contributed by atoms with Crippen molar-refractivity contribution in [2.24, 2.45) is 4.99 Å². The van der Waals surface area contributed by atoms with Crippen molar-refractivity contribution in [2.45, 2.75) is 13.0 Å². The van der Waals surface area contributed by atoms with Crippen LogP contribution >= 0.6 is 11.5 Å². The predicted molar refractivity (Wildman–Crippen MR) is 51.9 cm³/mol. The first-order valence-electron chi connectivity index (χ1n) is 4.20. The van der Waals surface area contributed by atoms with Gasteiger partial charge in [-0.15, -0.1) is 5.10 Å². The van der Waals surface area contributed by atoms with E-state index in [1.807, 2.05) is 6.92 Å². The first-order valence-corrected chi connectivity index (χ1v) is 5.03. The first kappa shape index (κ1) is 9.07. The van der Waals surface area contributed by atoms with Gasteiger partial charge in [0.1, 0.15) is 5.69 Å². The van der Waals surface area contributed by atoms with Crippen LogP contribution in [0.3, 0.4) is 0 Å². The number of aliphatic imine (C=N–C) groups is 1. The normalized spacial score (nSPS) is 23.6. The van der Waals surface area contributed by atoms with E-state index in [-0.39, 0.29) is 5.91 Å². The van der Waals surface area contributed by atoms with Crippen molar-refractivity contribution in [2.75, 3.05) is 6.54 Å². The van der Waals surface area contributed by atoms with Crippen LogP contribution in [0, 0.1) is 0 Å². The van der Waals surface area contributed by atoms with Gasteiger partial charge in [-0.3, -0.25) is 15.1 Å². The molecule has 0 aromatic carbocycles. The standard InChI is InChI=1S/C7H9N5OS/c1-2-8-7-9-5(6(13)10-7)4-3-14-12-11-4/h3,5H,2H2,1H3,(H2,8,9,10,13). The summed E-state index contributed by atoms with van der Waals surface area (Å²) in [4.78, 5) is 15.5. The van der Waals surface area contributed by atoms with E-state index in [4.69, 9.17) is 0 Å². The third-order valence-electron chi connectivity index (χ3n) is 1.77. The van der Waals surface area contributed by atoms with Gasteiger partial charge in [-0.2, -0.15) is 0 Å². The van der Waals surface area contributed by atoms with E-state index in [0.29, 0.717) is 18.2 Å². The smallest absolute Gasteiger partial charge is 0.255 e. The SMILES string of the molecule is CCN=C1NC(=O)C(c2csnn2)N1. The summed E-state index contributed by atoms with van der Waals surface area (Å²) in [5, 5.41) is 11.1. The van der Waals surface area contributed by atoms with Crippen LogP contribution in [0.4, 0.5) is 0 Å². The second kappa shape index (κ2) is 3.70. The van der Waals surface area contributed by atoms with Crippen molar-refractivity contribution in [3.05, 3.63) is 11.1 Å². The van der Waals surface area contributed by atoms with Crippen LogP contribution in [0.25, 0.3) is 0 Å². The molecular formula is C7H9N5OS. The van der Waals surface area contributed by atoms with Crippen molar-refractivity contribution < 1.29 is 4.79 Å². The molecule has 0 bridgehead atoms. The molecule has 2 rings (SSSR count). The van der Waals surface area contributed by atoms with E-state index in [9.17, 15) is 4.79 Å². The molecule has 2 heterocycles. The number of amides is 1. The molecule has 7 heteroatoms. The third kappa shape index (κ3) is 1.58. The molecule has 1 atom stereocenters. The molecule has 1 aliphatic rings. The van der Waals surface area contributed by atoms with Gasteiger partial charge in [0.25, 0.3) is 5.91 Å². The van der Waals surface area contributed by atoms with Crippen LogP contribution in [0.5, 0.6) is 0 Å². The number of aromatic nitrogens is 2. The summed E-state index contributed by atoms with van der Waals surface area (Å²) in [5.74, 6) is 0.375. The highest BCUT2D eigenvalue weighted by atomic mass is 32.1. The molecule has 1 saturated heterocycles. The molecule has 1 aromatic heterocycles. The van der Waals surface area contributed by atoms with E-state index in [1.54, 1.807) is 5.38 Å². The highest BCUT2D eigenvalue weighted by Gasteiger charge is 2.31. The summed E-state index contributed by atoms with van der Waals surface area (Å²) in [6.45, 7) is 2.53. The minimum atomic E-state index is -0.445. The van der Waals surface area contributed by atoms with Crippen molar-refractivity contribution in [3.8, 4) is 0 Å². The molecule has 0 aliphatic carbocycles. The van der Waals surface area contributed by atoms with Gasteiger partial charge in [0, 0.05) is 11.9 Å². The zero-order valence-electron chi connectivity index (χ0n) is 7.52. The molecule has 0 radical (unpaired) electrons. The number of nitrogens with one attached hydrogen (secondary N) is 2. The molecule has 0 saturated carbocycles. The maximum Gasteiger partial charge on any atom is 0.255 e. The average molecular weight is 211 g/mol. The van der Waals surface area contributed by atoms with E-state index >= 15 is 0 Å². The summed E-state index contributed by atoms with van der Waals surface area (Å²) in [7, 11) is 0. The van der Waals surface area contributed by atoms with Gasteiger partial charge in [0.15, 0.2) is 12.0 Å². The Bertz CT molecular complexity index is 360. The fraction of sp³-hybridized carbons (Fsp3) is 0.429. The van der Waals surface area contributed by atoms with Crippen LogP contribution in [0.2, 0.25) is 0 Å². The molecule has 6 nitrogen and oxygen atoms in total. The van der Waals surface area contributed by atoms with Gasteiger partial charge in [-0.25, -0.2) is 0 Å². The Morgan fingerprint density at radius 1 is 1.71 bits per heavy atom. The number of hydrogen-bond donors (Lipinski definition) is 2. The number of hydrogen-bond acceptors (Lipinski definition) is 5. The van der Waals surface area contributed by atoms with E-state index in [2.05, 4.69) is 25.2 Å². The summed E-state index contributed by atoms with van der Waals surface area (Å²) in [6.07, 6.45) is 0. The molecule has 1 fully saturated rings. The molecule has 14 heavy (non-hydrogen) atoms. The quantitative estimate of drug-likeness (QED) is 0.702. The second-order valence-corrected chi connectivity index (χ2v) is 3.33. The van der Waals surface area contributed by atoms with Crippen LogP contribution < -0.4 is 10.6 Å². The highest BCUT2D eigenvalue weighted by Crippen LogP contribution is 2.14. The molecule has 1 aromatic rings. The lowest BCUT2D eigenvalue weighted by Crippen LogP contribution is -2.25. The van der Waals surface area contributed by atoms with Gasteiger partial charge in [0.2, 0.25) is 0 Å². The van der Waals surface area contributed by atoms with Crippen LogP contribution in [0.15, 0.2) is 10.4 Å². The van der Waals surface area contributed by atoms with E-state index in [1.165, 1.54) is 11.5 Å². The molecule has 74 valence electrons. The van der Waals surface area contributed by atoms with Gasteiger partial charge < -0.3 is 5.32 Å². The first-order chi connectivity index (χ1) is 6.81. The minimum absolute atomic E-state index is 0.134. The molecule has 1 unspecified atom stereocenters. The largest absolute Gasteiger partial charge is 0.339 e. The molecule has 2 N–H and O–H groups in total. The molecule has 1 amide bonds. The van der Waals surface area contributed by atoms with E-state index < -0.39 is 6.04 Å². The van der Waals surface area contributed by atoms with Crippen LogP contribution in [0.1, 0.15) is 18.7 Å². The number of nitrogens with zero attached hydrogens (tertiary/aromatic N) is 3. The van der Waals surface area contributed by atoms with Gasteiger partial charge in [-0.1, -0.05) is 4.49 Å². The maximum atomic E-state index is 11.4. The third-order valence-corrected chi connectivity index (χ3v) is 2.30. The average Bonchev–Trinajstić information content (AvgIpc) is 2.74. The zero-order chi connectivity index (χ0) is 9.97. The van der Waals surface area contributed by atoms with Crippen molar-refractivity contribution >= 4 is 23.4 Å². The van der Waals surface area contributed by atoms with Gasteiger partial charge >= 0.3 is 0 Å². The Balaban J connectivity index is 2.17. The Morgan fingerprint density at radius 3 is 3.21 bits per heavy atom. The lowest BCUT2D eigenvalue weighted by molar-refractivity contribution is -0.120. The van der Waals surface area contributed by atoms with Gasteiger partial charge in [-0.05, 0) is 18.5 Å². The fourth-order valence-corrected chi connectivity index (χ4v) is 1.66. The van der Waals surface area contributed by atoms with Crippen LogP contribution in [-0.2, 0) is 4.79 Å². The monoisotopic (exact) mass is 211 g/mol. The fourth-order valence-electron chi connectivity index (χ4n) is 1.18. The molecule has 0 spiro atoms. The second-order valence-electron chi connectivity index (χ2n) is 2.72. The van der Waals surface area contributed by atoms with Crippen molar-refractivity contribution in [1.82, 2.24) is 20.2 Å². The van der Waals surface area contributed by atoms with Gasteiger partial charge in [0.05, 0.1) is 0 Å². The summed E-state index contributed by atoms with van der Waals surface area (Å²) in [6, 6.07) is -0.445. The lowest BCUT2D eigenvalue weighted by atomic mass is 10.2. The minimum Gasteiger partial charge on any atom is -0.339 e. The predicted octanol–water partition coefficient (Wildman–Crippen LogP) is -0.326. The number of rotatable bonds is 2. The molecular weight excluding hydrogens is 202 g/mol. The van der Waals surface area contributed by atoms with Crippen LogP contribution in [-0.4, -0.2) is 28.0 Å². The number of carbonyl (C=O) groups excluding carboxylic acids is 1. The summed E-state index contributed by atoms with van der Waals surface area (Å²) < 4.78 is 3.70. The highest BCUT2D eigenvalue weighted by molar-refractivity contribution is 7.03. The molecule has 1 aliphatic heterocycles. The van der Waals surface area contributed by atoms with Crippen molar-refractivity contribution in [3.63, 3.8) is 0 Å². The Labute approximate surface area is 84.6 Å². The van der Waals surface area contributed by atoms with Crippen molar-refractivity contribution in [1.29, 1.82) is 0 Å². The zero-order valence-corrected chi connectivity index (χ0v) is 8.34. The number of guanidine groups is 1. The topological polar surface area (TPSA) is 79.3 Å². The lowest BCUT2D eigenvalue weighted by Gasteiger charge is -2.01. The number of carbonyl (C=O) groups is 1. The summed E-state index contributed by atoms with van der Waals surface area (Å²) in [5.41, 5.74) is 0.633. The Morgan fingerprint density at radius 2 is 2.57 bits per heavy atom. The Kier molecular flexibility index (Phi) is 2.40. The maximum absolute atomic E-state index is 11.4. The Hall–Kier alpha value is -1.50. The summed E-state index contributed by atoms with van der Waals surface area (Å²) >= 11 is 1.22.